The minimum absolute atomic E-state index is 0.0900. The molecule has 0 radical (unpaired) electrons. The first-order valence-electron chi connectivity index (χ1n) is 10.9. The van der Waals surface area contributed by atoms with Gasteiger partial charge in [-0.1, -0.05) is 78.4 Å². The van der Waals surface area contributed by atoms with Crippen molar-refractivity contribution in [2.45, 2.75) is 37.0 Å². The van der Waals surface area contributed by atoms with Crippen LogP contribution in [0.1, 0.15) is 23.1 Å². The predicted molar refractivity (Wildman–Crippen MR) is 129 cm³/mol. The van der Waals surface area contributed by atoms with Crippen molar-refractivity contribution in [1.82, 2.24) is 5.32 Å². The topological polar surface area (TPSA) is 108 Å². The molecule has 0 fully saturated rings. The average molecular weight is 498 g/mol. The summed E-state index contributed by atoms with van der Waals surface area (Å²) in [5.74, 6) is -1.08. The minimum Gasteiger partial charge on any atom is -0.465 e. The zero-order valence-electron chi connectivity index (χ0n) is 19.5. The number of carbonyl (C=O) groups is 2. The van der Waals surface area contributed by atoms with E-state index in [1.807, 2.05) is 24.3 Å². The van der Waals surface area contributed by atoms with Gasteiger partial charge in [-0.2, -0.15) is 8.42 Å². The summed E-state index contributed by atoms with van der Waals surface area (Å²) in [6.07, 6.45) is -1.06. The van der Waals surface area contributed by atoms with Crippen LogP contribution in [-0.2, 0) is 41.6 Å². The third kappa shape index (κ3) is 7.14. The Morgan fingerprint density at radius 1 is 0.857 bits per heavy atom. The number of esters is 1. The number of ether oxygens (including phenoxy) is 2. The molecule has 3 aromatic rings. The van der Waals surface area contributed by atoms with Crippen LogP contribution in [0.25, 0.3) is 0 Å². The van der Waals surface area contributed by atoms with Gasteiger partial charge in [0.15, 0.2) is 0 Å². The van der Waals surface area contributed by atoms with Gasteiger partial charge in [-0.15, -0.1) is 0 Å². The Balaban J connectivity index is 1.90. The standard InChI is InChI=1S/C26H27NO7S/c1-20-13-15-23(16-14-20)35(30,31)34-26(24(28)32-2,18-17-21-9-5-3-6-10-21)27-25(29)33-19-22-11-7-4-8-12-22/h3-16H,17-19H2,1-2H3,(H,27,29)/t26-/m1/s1. The Labute approximate surface area is 205 Å². The number of rotatable bonds is 10. The third-order valence-electron chi connectivity index (χ3n) is 5.20. The maximum Gasteiger partial charge on any atom is 0.410 e. The highest BCUT2D eigenvalue weighted by Gasteiger charge is 2.47. The van der Waals surface area contributed by atoms with E-state index in [1.54, 1.807) is 55.5 Å². The lowest BCUT2D eigenvalue weighted by Gasteiger charge is -2.30. The Morgan fingerprint density at radius 3 is 2.00 bits per heavy atom. The SMILES string of the molecule is COC(=O)[C@](CCc1ccccc1)(NC(=O)OCc1ccccc1)OS(=O)(=O)c1ccc(C)cc1. The summed E-state index contributed by atoms with van der Waals surface area (Å²) in [5.41, 5.74) is -0.00234. The van der Waals surface area contributed by atoms with Crippen LogP contribution in [-0.4, -0.2) is 33.3 Å². The fourth-order valence-electron chi connectivity index (χ4n) is 3.31. The number of alkyl carbamates (subject to hydrolysis) is 1. The number of hydrogen-bond donors (Lipinski definition) is 1. The largest absolute Gasteiger partial charge is 0.465 e. The molecule has 0 unspecified atom stereocenters. The van der Waals surface area contributed by atoms with Crippen molar-refractivity contribution < 1.29 is 31.7 Å². The second kappa shape index (κ2) is 11.6. The summed E-state index contributed by atoms with van der Waals surface area (Å²) in [7, 11) is -3.40. The quantitative estimate of drug-likeness (QED) is 0.255. The van der Waals surface area contributed by atoms with Crippen molar-refractivity contribution in [3.63, 3.8) is 0 Å². The Bertz CT molecular complexity index is 1230. The molecule has 8 nitrogen and oxygen atoms in total. The van der Waals surface area contributed by atoms with E-state index in [1.165, 1.54) is 12.1 Å². The van der Waals surface area contributed by atoms with Gasteiger partial charge in [0, 0.05) is 6.42 Å². The zero-order chi connectivity index (χ0) is 25.3. The van der Waals surface area contributed by atoms with Crippen LogP contribution in [0, 0.1) is 6.92 Å². The molecule has 0 saturated carbocycles. The maximum absolute atomic E-state index is 13.1. The fraction of sp³-hybridized carbons (Fsp3) is 0.231. The monoisotopic (exact) mass is 497 g/mol. The van der Waals surface area contributed by atoms with Crippen LogP contribution < -0.4 is 5.32 Å². The molecule has 0 aliphatic heterocycles. The first kappa shape index (κ1) is 25.9. The molecule has 0 bridgehead atoms. The van der Waals surface area contributed by atoms with Crippen molar-refractivity contribution in [3.05, 3.63) is 102 Å². The van der Waals surface area contributed by atoms with E-state index in [-0.39, 0.29) is 24.3 Å². The van der Waals surface area contributed by atoms with Gasteiger partial charge in [0.05, 0.1) is 12.0 Å². The van der Waals surface area contributed by atoms with Crippen LogP contribution in [0.5, 0.6) is 0 Å². The van der Waals surface area contributed by atoms with Crippen LogP contribution in [0.3, 0.4) is 0 Å². The number of carbonyl (C=O) groups excluding carboxylic acids is 2. The van der Waals surface area contributed by atoms with E-state index in [0.29, 0.717) is 5.56 Å². The molecule has 0 saturated heterocycles. The summed E-state index contributed by atoms with van der Waals surface area (Å²) in [4.78, 5) is 25.5. The highest BCUT2D eigenvalue weighted by atomic mass is 32.2. The van der Waals surface area contributed by atoms with Crippen LogP contribution in [0.2, 0.25) is 0 Å². The molecule has 1 amide bonds. The smallest absolute Gasteiger partial charge is 0.410 e. The molecule has 1 atom stereocenters. The molecule has 0 spiro atoms. The molecule has 0 heterocycles. The van der Waals surface area contributed by atoms with E-state index in [9.17, 15) is 18.0 Å². The van der Waals surface area contributed by atoms with Gasteiger partial charge in [0.2, 0.25) is 0 Å². The van der Waals surface area contributed by atoms with E-state index in [2.05, 4.69) is 5.32 Å². The highest BCUT2D eigenvalue weighted by Crippen LogP contribution is 2.26. The predicted octanol–water partition coefficient (Wildman–Crippen LogP) is 4.13. The molecule has 0 aliphatic rings. The van der Waals surface area contributed by atoms with Gasteiger partial charge >= 0.3 is 12.1 Å². The summed E-state index contributed by atoms with van der Waals surface area (Å²) in [6.45, 7) is 1.72. The summed E-state index contributed by atoms with van der Waals surface area (Å²) in [5, 5.41) is 2.32. The molecular formula is C26H27NO7S. The van der Waals surface area contributed by atoms with E-state index < -0.39 is 27.9 Å². The second-order valence-corrected chi connectivity index (χ2v) is 9.39. The first-order chi connectivity index (χ1) is 16.7. The van der Waals surface area contributed by atoms with Crippen molar-refractivity contribution in [2.24, 2.45) is 0 Å². The fourth-order valence-corrected chi connectivity index (χ4v) is 4.44. The number of nitrogens with one attached hydrogen (secondary N) is 1. The zero-order valence-corrected chi connectivity index (χ0v) is 20.3. The van der Waals surface area contributed by atoms with Crippen LogP contribution in [0.15, 0.2) is 89.8 Å². The molecule has 0 aromatic heterocycles. The van der Waals surface area contributed by atoms with Crippen molar-refractivity contribution in [3.8, 4) is 0 Å². The summed E-state index contributed by atoms with van der Waals surface area (Å²) in [6, 6.07) is 23.9. The first-order valence-corrected chi connectivity index (χ1v) is 12.3. The summed E-state index contributed by atoms with van der Waals surface area (Å²) >= 11 is 0. The van der Waals surface area contributed by atoms with E-state index in [0.717, 1.165) is 18.2 Å². The molecule has 3 rings (SSSR count). The Morgan fingerprint density at radius 2 is 1.43 bits per heavy atom. The van der Waals surface area contributed by atoms with Crippen LogP contribution in [0.4, 0.5) is 4.79 Å². The average Bonchev–Trinajstić information content (AvgIpc) is 2.87. The number of hydrogen-bond acceptors (Lipinski definition) is 7. The number of amides is 1. The van der Waals surface area contributed by atoms with Crippen molar-refractivity contribution >= 4 is 22.2 Å². The van der Waals surface area contributed by atoms with Gasteiger partial charge < -0.3 is 9.47 Å². The number of methoxy groups -OCH3 is 1. The van der Waals surface area contributed by atoms with Gasteiger partial charge in [-0.25, -0.2) is 13.8 Å². The lowest BCUT2D eigenvalue weighted by molar-refractivity contribution is -0.162. The molecule has 0 aliphatic carbocycles. The molecule has 1 N–H and O–H groups in total. The molecule has 184 valence electrons. The Kier molecular flexibility index (Phi) is 8.62. The second-order valence-electron chi connectivity index (χ2n) is 7.84. The normalized spacial score (nSPS) is 12.9. The molecular weight excluding hydrogens is 470 g/mol. The minimum atomic E-state index is -4.48. The van der Waals surface area contributed by atoms with Gasteiger partial charge in [-0.3, -0.25) is 5.32 Å². The van der Waals surface area contributed by atoms with Gasteiger partial charge in [0.1, 0.15) is 6.61 Å². The van der Waals surface area contributed by atoms with Crippen LogP contribution >= 0.6 is 0 Å². The summed E-state index contributed by atoms with van der Waals surface area (Å²) < 4.78 is 41.8. The lowest BCUT2D eigenvalue weighted by Crippen LogP contribution is -2.58. The van der Waals surface area contributed by atoms with E-state index >= 15 is 0 Å². The molecule has 35 heavy (non-hydrogen) atoms. The van der Waals surface area contributed by atoms with Gasteiger partial charge in [-0.05, 0) is 36.6 Å². The molecule has 3 aromatic carbocycles. The molecule has 9 heteroatoms. The Hall–Kier alpha value is -3.69. The number of benzene rings is 3. The third-order valence-corrected chi connectivity index (χ3v) is 6.56. The maximum atomic E-state index is 13.1. The highest BCUT2D eigenvalue weighted by molar-refractivity contribution is 7.86. The van der Waals surface area contributed by atoms with Crippen molar-refractivity contribution in [2.75, 3.05) is 7.11 Å². The van der Waals surface area contributed by atoms with Crippen molar-refractivity contribution in [1.29, 1.82) is 0 Å². The lowest BCUT2D eigenvalue weighted by atomic mass is 10.0. The van der Waals surface area contributed by atoms with Gasteiger partial charge in [0.25, 0.3) is 15.8 Å². The van der Waals surface area contributed by atoms with E-state index in [4.69, 9.17) is 13.7 Å². The number of aryl methyl sites for hydroxylation is 2.